The van der Waals surface area contributed by atoms with E-state index in [1.54, 1.807) is 22.0 Å². The predicted molar refractivity (Wildman–Crippen MR) is 108 cm³/mol. The monoisotopic (exact) mass is 437 g/mol. The smallest absolute Gasteiger partial charge is 0.332 e. The van der Waals surface area contributed by atoms with Gasteiger partial charge in [-0.2, -0.15) is 0 Å². The van der Waals surface area contributed by atoms with E-state index in [0.717, 1.165) is 6.08 Å². The minimum atomic E-state index is -1.28. The number of hydrogen-bond acceptors (Lipinski definition) is 8. The molecule has 0 aromatic heterocycles. The molecule has 1 aromatic rings. The quantitative estimate of drug-likeness (QED) is 0.273. The van der Waals surface area contributed by atoms with Gasteiger partial charge in [0.2, 0.25) is 0 Å². The van der Waals surface area contributed by atoms with Crippen molar-refractivity contribution in [2.24, 2.45) is 0 Å². The fourth-order valence-electron chi connectivity index (χ4n) is 2.67. The van der Waals surface area contributed by atoms with Gasteiger partial charge in [0.05, 0.1) is 19.8 Å². The van der Waals surface area contributed by atoms with E-state index in [2.05, 4.69) is 5.43 Å². The van der Waals surface area contributed by atoms with Crippen LogP contribution in [0.1, 0.15) is 6.92 Å². The number of phenolic OH excluding ortho intramolecular Hbond substituents is 1. The molecule has 3 N–H and O–H groups in total. The summed E-state index contributed by atoms with van der Waals surface area (Å²) < 4.78 is 16.2. The number of phenols is 1. The van der Waals surface area contributed by atoms with E-state index in [1.807, 2.05) is 6.92 Å². The summed E-state index contributed by atoms with van der Waals surface area (Å²) in [5, 5.41) is 19.6. The number of aliphatic carboxylic acids is 1. The van der Waals surface area contributed by atoms with Crippen molar-refractivity contribution in [2.45, 2.75) is 13.0 Å². The Morgan fingerprint density at radius 3 is 2.52 bits per heavy atom. The maximum atomic E-state index is 12.4. The third-order valence-corrected chi connectivity index (χ3v) is 4.28. The molecule has 2 amide bonds. The normalized spacial score (nSPS) is 15.0. The molecule has 11 nitrogen and oxygen atoms in total. The van der Waals surface area contributed by atoms with Crippen LogP contribution in [-0.4, -0.2) is 90.2 Å². The van der Waals surface area contributed by atoms with Crippen LogP contribution in [0.5, 0.6) is 11.5 Å². The highest BCUT2D eigenvalue weighted by atomic mass is 16.6. The van der Waals surface area contributed by atoms with Crippen LogP contribution in [0.3, 0.4) is 0 Å². The number of rotatable bonds is 10. The Balaban J connectivity index is 1.99. The highest BCUT2D eigenvalue weighted by molar-refractivity contribution is 5.90. The van der Waals surface area contributed by atoms with Gasteiger partial charge in [-0.05, 0) is 24.3 Å². The Morgan fingerprint density at radius 2 is 1.90 bits per heavy atom. The van der Waals surface area contributed by atoms with Gasteiger partial charge in [0, 0.05) is 31.8 Å². The van der Waals surface area contributed by atoms with Crippen LogP contribution in [0.4, 0.5) is 4.79 Å². The first-order chi connectivity index (χ1) is 14.9. The number of hydrazine groups is 1. The van der Waals surface area contributed by atoms with Crippen LogP contribution in [0.25, 0.3) is 0 Å². The van der Waals surface area contributed by atoms with Crippen molar-refractivity contribution in [2.75, 3.05) is 46.0 Å². The Bertz CT molecular complexity index is 762. The molecule has 0 spiro atoms. The van der Waals surface area contributed by atoms with Gasteiger partial charge < -0.3 is 29.3 Å². The minimum Gasteiger partial charge on any atom is -0.508 e. The minimum absolute atomic E-state index is 0.0542. The molecule has 1 aromatic carbocycles. The summed E-state index contributed by atoms with van der Waals surface area (Å²) in [4.78, 5) is 36.6. The van der Waals surface area contributed by atoms with Crippen LogP contribution in [0.15, 0.2) is 36.4 Å². The van der Waals surface area contributed by atoms with Crippen molar-refractivity contribution < 1.29 is 38.8 Å². The molecular formula is C20H27N3O8. The molecule has 1 aliphatic heterocycles. The number of likely N-dealkylation sites (N-methyl/N-ethyl adjacent to an activating group) is 1. The Labute approximate surface area is 179 Å². The SMILES string of the molecule is CCN(CC(COc1ccc(O)cc1)OC(=O)/C=C/C(=O)O)NC(=O)N1CCOCC1. The first kappa shape index (κ1) is 24.0. The number of nitrogens with one attached hydrogen (secondary N) is 1. The molecule has 1 aliphatic rings. The van der Waals surface area contributed by atoms with E-state index in [9.17, 15) is 19.5 Å². The number of esters is 1. The number of hydrogen-bond donors (Lipinski definition) is 3. The van der Waals surface area contributed by atoms with Crippen LogP contribution in [0, 0.1) is 0 Å². The van der Waals surface area contributed by atoms with Crippen LogP contribution in [0.2, 0.25) is 0 Å². The van der Waals surface area contributed by atoms with Crippen molar-refractivity contribution in [1.82, 2.24) is 15.3 Å². The summed E-state index contributed by atoms with van der Waals surface area (Å²) >= 11 is 0. The lowest BCUT2D eigenvalue weighted by molar-refractivity contribution is -0.146. The summed E-state index contributed by atoms with van der Waals surface area (Å²) in [5.41, 5.74) is 2.77. The number of ether oxygens (including phenoxy) is 3. The number of urea groups is 1. The number of carbonyl (C=O) groups is 3. The Morgan fingerprint density at radius 1 is 1.23 bits per heavy atom. The molecule has 0 saturated carbocycles. The fourth-order valence-corrected chi connectivity index (χ4v) is 2.67. The summed E-state index contributed by atoms with van der Waals surface area (Å²) in [6.45, 7) is 4.19. The predicted octanol–water partition coefficient (Wildman–Crippen LogP) is 0.602. The van der Waals surface area contributed by atoms with E-state index >= 15 is 0 Å². The van der Waals surface area contributed by atoms with E-state index in [0.29, 0.717) is 44.7 Å². The number of aromatic hydroxyl groups is 1. The number of amides is 2. The van der Waals surface area contributed by atoms with E-state index in [-0.39, 0.29) is 24.9 Å². The van der Waals surface area contributed by atoms with Crippen LogP contribution in [-0.2, 0) is 19.1 Å². The number of carboxylic acid groups (broad SMARTS) is 1. The second kappa shape index (κ2) is 12.4. The number of benzene rings is 1. The fraction of sp³-hybridized carbons (Fsp3) is 0.450. The average molecular weight is 437 g/mol. The van der Waals surface area contributed by atoms with Gasteiger partial charge in [-0.3, -0.25) is 5.43 Å². The zero-order valence-corrected chi connectivity index (χ0v) is 17.2. The van der Waals surface area contributed by atoms with E-state index in [4.69, 9.17) is 19.3 Å². The van der Waals surface area contributed by atoms with Gasteiger partial charge in [0.25, 0.3) is 0 Å². The van der Waals surface area contributed by atoms with Crippen LogP contribution >= 0.6 is 0 Å². The van der Waals surface area contributed by atoms with Crippen molar-refractivity contribution in [1.29, 1.82) is 0 Å². The van der Waals surface area contributed by atoms with Crippen LogP contribution < -0.4 is 10.2 Å². The molecule has 0 bridgehead atoms. The summed E-state index contributed by atoms with van der Waals surface area (Å²) in [5.74, 6) is -1.60. The van der Waals surface area contributed by atoms with Gasteiger partial charge in [-0.15, -0.1) is 0 Å². The maximum absolute atomic E-state index is 12.4. The third-order valence-electron chi connectivity index (χ3n) is 4.28. The summed E-state index contributed by atoms with van der Waals surface area (Å²) in [7, 11) is 0. The summed E-state index contributed by atoms with van der Waals surface area (Å²) in [6.07, 6.45) is 0.668. The largest absolute Gasteiger partial charge is 0.508 e. The van der Waals surface area contributed by atoms with Gasteiger partial charge >= 0.3 is 18.0 Å². The molecule has 1 atom stereocenters. The van der Waals surface area contributed by atoms with Gasteiger partial charge in [-0.1, -0.05) is 6.92 Å². The van der Waals surface area contributed by atoms with Gasteiger partial charge in [0.1, 0.15) is 18.1 Å². The first-order valence-corrected chi connectivity index (χ1v) is 9.79. The number of morpholine rings is 1. The topological polar surface area (TPSA) is 138 Å². The number of carbonyl (C=O) groups excluding carboxylic acids is 2. The zero-order valence-electron chi connectivity index (χ0n) is 17.2. The third kappa shape index (κ3) is 8.93. The lowest BCUT2D eigenvalue weighted by Crippen LogP contribution is -2.54. The van der Waals surface area contributed by atoms with Gasteiger partial charge in [0.15, 0.2) is 6.10 Å². The number of carboxylic acids is 1. The molecule has 170 valence electrons. The Kier molecular flexibility index (Phi) is 9.59. The van der Waals surface area contributed by atoms with E-state index < -0.39 is 18.0 Å². The molecule has 2 rings (SSSR count). The Hall–Kier alpha value is -3.31. The molecule has 11 heteroatoms. The van der Waals surface area contributed by atoms with Crippen molar-refractivity contribution in [3.63, 3.8) is 0 Å². The molecular weight excluding hydrogens is 410 g/mol. The van der Waals surface area contributed by atoms with Gasteiger partial charge in [-0.25, -0.2) is 19.4 Å². The highest BCUT2D eigenvalue weighted by Crippen LogP contribution is 2.16. The first-order valence-electron chi connectivity index (χ1n) is 9.79. The number of nitrogens with zero attached hydrogens (tertiary/aromatic N) is 2. The molecule has 1 heterocycles. The highest BCUT2D eigenvalue weighted by Gasteiger charge is 2.22. The molecule has 1 fully saturated rings. The molecule has 1 unspecified atom stereocenters. The summed E-state index contributed by atoms with van der Waals surface area (Å²) in [6, 6.07) is 5.72. The molecule has 0 aliphatic carbocycles. The average Bonchev–Trinajstić information content (AvgIpc) is 2.77. The van der Waals surface area contributed by atoms with Crippen molar-refractivity contribution in [3.05, 3.63) is 36.4 Å². The lowest BCUT2D eigenvalue weighted by atomic mass is 10.3. The molecule has 0 radical (unpaired) electrons. The maximum Gasteiger partial charge on any atom is 0.332 e. The van der Waals surface area contributed by atoms with Crippen molar-refractivity contribution >= 4 is 18.0 Å². The lowest BCUT2D eigenvalue weighted by Gasteiger charge is -2.31. The van der Waals surface area contributed by atoms with E-state index in [1.165, 1.54) is 12.1 Å². The molecule has 31 heavy (non-hydrogen) atoms. The van der Waals surface area contributed by atoms with Crippen molar-refractivity contribution in [3.8, 4) is 11.5 Å². The second-order valence-corrected chi connectivity index (χ2v) is 6.59. The standard InChI is InChI=1S/C20H27N3O8/c1-2-23(21-20(28)22-9-11-29-12-10-22)13-17(31-19(27)8-7-18(25)26)14-30-16-5-3-15(24)4-6-16/h3-8,17,24H,2,9-14H2,1H3,(H,21,28)(H,25,26)/b8-7+. The zero-order chi connectivity index (χ0) is 22.6. The molecule has 1 saturated heterocycles. The second-order valence-electron chi connectivity index (χ2n) is 6.59.